The summed E-state index contributed by atoms with van der Waals surface area (Å²) in [6, 6.07) is 17.8. The minimum atomic E-state index is -1.53. The molecule has 0 aromatic heterocycles. The Kier molecular flexibility index (Phi) is 3.21. The molecule has 0 saturated carbocycles. The third kappa shape index (κ3) is 2.34. The van der Waals surface area contributed by atoms with Crippen molar-refractivity contribution in [2.45, 2.75) is 26.9 Å². The number of hydrogen-bond acceptors (Lipinski definition) is 0. The van der Waals surface area contributed by atoms with Crippen molar-refractivity contribution in [1.29, 1.82) is 0 Å². The first-order valence-corrected chi connectivity index (χ1v) is 9.15. The smallest absolute Gasteiger partial charge is 0.0626 e. The summed E-state index contributed by atoms with van der Waals surface area (Å²) in [5.41, 5.74) is 2.79. The zero-order valence-electron chi connectivity index (χ0n) is 11.1. The van der Waals surface area contributed by atoms with Crippen molar-refractivity contribution in [3.05, 3.63) is 59.7 Å². The second-order valence-electron chi connectivity index (χ2n) is 5.31. The molecule has 0 nitrogen and oxygen atoms in total. The van der Waals surface area contributed by atoms with E-state index < -0.39 is 8.07 Å². The average molecular weight is 240 g/mol. The van der Waals surface area contributed by atoms with Gasteiger partial charge < -0.3 is 0 Å². The largest absolute Gasteiger partial charge is 0.112 e. The maximum absolute atomic E-state index is 2.43. The van der Waals surface area contributed by atoms with E-state index in [0.717, 1.165) is 0 Å². The fraction of sp³-hybridized carbons (Fsp3) is 0.250. The maximum Gasteiger partial charge on any atom is 0.112 e. The van der Waals surface area contributed by atoms with E-state index in [0.29, 0.717) is 0 Å². The Labute approximate surface area is 105 Å². The Hall–Kier alpha value is -1.34. The quantitative estimate of drug-likeness (QED) is 0.708. The van der Waals surface area contributed by atoms with E-state index in [9.17, 15) is 0 Å². The summed E-state index contributed by atoms with van der Waals surface area (Å²) in [5, 5.41) is 3.07. The highest BCUT2D eigenvalue weighted by molar-refractivity contribution is 7.00. The van der Waals surface area contributed by atoms with E-state index in [1.165, 1.54) is 16.3 Å². The van der Waals surface area contributed by atoms with E-state index in [1.54, 1.807) is 5.19 Å². The molecular formula is C16H20Si. The fourth-order valence-corrected chi connectivity index (χ4v) is 5.41. The van der Waals surface area contributed by atoms with Crippen LogP contribution in [0.5, 0.6) is 0 Å². The molecule has 0 atom stereocenters. The predicted molar refractivity (Wildman–Crippen MR) is 79.1 cm³/mol. The van der Waals surface area contributed by atoms with Crippen LogP contribution in [-0.2, 0) is 0 Å². The Morgan fingerprint density at radius 1 is 0.824 bits per heavy atom. The summed E-state index contributed by atoms with van der Waals surface area (Å²) in [5.74, 6) is 0. The van der Waals surface area contributed by atoms with E-state index in [2.05, 4.69) is 75.5 Å². The van der Waals surface area contributed by atoms with Gasteiger partial charge in [-0.3, -0.25) is 0 Å². The molecule has 2 aromatic rings. The van der Waals surface area contributed by atoms with Crippen LogP contribution in [0.3, 0.4) is 0 Å². The molecule has 0 radical (unpaired) electrons. The average Bonchev–Trinajstić information content (AvgIpc) is 2.33. The third-order valence-electron chi connectivity index (χ3n) is 3.56. The van der Waals surface area contributed by atoms with Gasteiger partial charge in [0.15, 0.2) is 0 Å². The molecule has 2 aromatic carbocycles. The molecule has 0 aliphatic carbocycles. The summed E-state index contributed by atoms with van der Waals surface area (Å²) >= 11 is 0. The number of aryl methyl sites for hydroxylation is 2. The third-order valence-corrected chi connectivity index (χ3v) is 7.22. The van der Waals surface area contributed by atoms with Crippen LogP contribution >= 0.6 is 0 Å². The molecule has 0 fully saturated rings. The summed E-state index contributed by atoms with van der Waals surface area (Å²) in [6.07, 6.45) is 0. The van der Waals surface area contributed by atoms with Gasteiger partial charge in [0, 0.05) is 0 Å². The summed E-state index contributed by atoms with van der Waals surface area (Å²) < 4.78 is 0. The monoisotopic (exact) mass is 240 g/mol. The van der Waals surface area contributed by atoms with Crippen LogP contribution in [0.2, 0.25) is 13.1 Å². The van der Waals surface area contributed by atoms with Gasteiger partial charge in [-0.25, -0.2) is 0 Å². The highest BCUT2D eigenvalue weighted by Crippen LogP contribution is 2.09. The van der Waals surface area contributed by atoms with Crippen LogP contribution in [0.4, 0.5) is 0 Å². The zero-order chi connectivity index (χ0) is 12.5. The van der Waals surface area contributed by atoms with Crippen molar-refractivity contribution < 1.29 is 0 Å². The van der Waals surface area contributed by atoms with Gasteiger partial charge in [0.2, 0.25) is 0 Å². The standard InChI is InChI=1S/C16H20Si/c1-13-10-11-14(2)16(12-13)17(3,4)15-8-6-5-7-9-15/h5-12H,1-4H3. The van der Waals surface area contributed by atoms with Crippen molar-refractivity contribution in [3.8, 4) is 0 Å². The minimum absolute atomic E-state index is 1.36. The first-order chi connectivity index (χ1) is 8.01. The lowest BCUT2D eigenvalue weighted by atomic mass is 10.2. The normalized spacial score (nSPS) is 11.5. The lowest BCUT2D eigenvalue weighted by Crippen LogP contribution is -2.53. The van der Waals surface area contributed by atoms with Gasteiger partial charge in [0.05, 0.1) is 0 Å². The molecule has 0 heterocycles. The van der Waals surface area contributed by atoms with Crippen LogP contribution in [-0.4, -0.2) is 8.07 Å². The Bertz CT molecular complexity index is 512. The predicted octanol–water partition coefficient (Wildman–Crippen LogP) is 3.13. The zero-order valence-corrected chi connectivity index (χ0v) is 12.1. The van der Waals surface area contributed by atoms with Crippen LogP contribution in [0, 0.1) is 13.8 Å². The molecule has 1 heteroatoms. The molecule has 0 saturated heterocycles. The lowest BCUT2D eigenvalue weighted by Gasteiger charge is -2.26. The molecule has 0 aliphatic rings. The van der Waals surface area contributed by atoms with E-state index in [1.807, 2.05) is 0 Å². The summed E-state index contributed by atoms with van der Waals surface area (Å²) in [4.78, 5) is 0. The van der Waals surface area contributed by atoms with Crippen LogP contribution in [0.25, 0.3) is 0 Å². The van der Waals surface area contributed by atoms with Gasteiger partial charge in [-0.15, -0.1) is 0 Å². The molecule has 0 N–H and O–H groups in total. The molecular weight excluding hydrogens is 220 g/mol. The summed E-state index contributed by atoms with van der Waals surface area (Å²) in [6.45, 7) is 9.28. The van der Waals surface area contributed by atoms with E-state index in [4.69, 9.17) is 0 Å². The SMILES string of the molecule is Cc1ccc(C)c([Si](C)(C)c2ccccc2)c1. The van der Waals surface area contributed by atoms with Gasteiger partial charge >= 0.3 is 0 Å². The molecule has 88 valence electrons. The van der Waals surface area contributed by atoms with Gasteiger partial charge in [-0.1, -0.05) is 83.1 Å². The molecule has 0 amide bonds. The second kappa shape index (κ2) is 4.50. The maximum atomic E-state index is 2.43. The highest BCUT2D eigenvalue weighted by Gasteiger charge is 2.27. The minimum Gasteiger partial charge on any atom is -0.0626 e. The van der Waals surface area contributed by atoms with Crippen molar-refractivity contribution >= 4 is 18.4 Å². The molecule has 0 unspecified atom stereocenters. The first kappa shape index (κ1) is 12.1. The fourth-order valence-electron chi connectivity index (χ4n) is 2.42. The van der Waals surface area contributed by atoms with Crippen LogP contribution in [0.1, 0.15) is 11.1 Å². The Balaban J connectivity index is 2.55. The van der Waals surface area contributed by atoms with Crippen molar-refractivity contribution in [2.24, 2.45) is 0 Å². The summed E-state index contributed by atoms with van der Waals surface area (Å²) in [7, 11) is -1.53. The Morgan fingerprint density at radius 2 is 1.47 bits per heavy atom. The van der Waals surface area contributed by atoms with E-state index >= 15 is 0 Å². The van der Waals surface area contributed by atoms with Crippen molar-refractivity contribution in [3.63, 3.8) is 0 Å². The van der Waals surface area contributed by atoms with Crippen LogP contribution < -0.4 is 10.4 Å². The van der Waals surface area contributed by atoms with Crippen LogP contribution in [0.15, 0.2) is 48.5 Å². The molecule has 17 heavy (non-hydrogen) atoms. The highest BCUT2D eigenvalue weighted by atomic mass is 28.3. The van der Waals surface area contributed by atoms with E-state index in [-0.39, 0.29) is 0 Å². The lowest BCUT2D eigenvalue weighted by molar-refractivity contribution is 1.42. The topological polar surface area (TPSA) is 0 Å². The van der Waals surface area contributed by atoms with Gasteiger partial charge in [-0.2, -0.15) is 0 Å². The van der Waals surface area contributed by atoms with Gasteiger partial charge in [-0.05, 0) is 13.8 Å². The van der Waals surface area contributed by atoms with Gasteiger partial charge in [0.1, 0.15) is 8.07 Å². The first-order valence-electron chi connectivity index (χ1n) is 6.15. The number of rotatable bonds is 2. The number of benzene rings is 2. The Morgan fingerprint density at radius 3 is 2.12 bits per heavy atom. The second-order valence-corrected chi connectivity index (χ2v) is 9.68. The number of hydrogen-bond donors (Lipinski definition) is 0. The van der Waals surface area contributed by atoms with Crippen molar-refractivity contribution in [2.75, 3.05) is 0 Å². The molecule has 0 spiro atoms. The molecule has 0 aliphatic heterocycles. The molecule has 2 rings (SSSR count). The van der Waals surface area contributed by atoms with Crippen molar-refractivity contribution in [1.82, 2.24) is 0 Å². The van der Waals surface area contributed by atoms with Gasteiger partial charge in [0.25, 0.3) is 0 Å². The molecule has 0 bridgehead atoms.